The number of hydrogen-bond acceptors (Lipinski definition) is 7. The molecule has 2 fully saturated rings. The molecular weight excluding hydrogens is 660 g/mol. The van der Waals surface area contributed by atoms with E-state index >= 15 is 0 Å². The number of anilines is 2. The Morgan fingerprint density at radius 2 is 1.77 bits per heavy atom. The number of fused-ring (bicyclic) bond motifs is 1. The molecule has 1 aliphatic carbocycles. The molecule has 1 aliphatic heterocycles. The number of carbonyl (C=O) groups excluding carboxylic acids is 2. The van der Waals surface area contributed by atoms with Crippen molar-refractivity contribution in [3.8, 4) is 5.88 Å². The number of imidazole rings is 1. The van der Waals surface area contributed by atoms with Crippen molar-refractivity contribution in [3.05, 3.63) is 41.0 Å². The molecule has 1 saturated carbocycles. The fourth-order valence-electron chi connectivity index (χ4n) is 5.71. The lowest BCUT2D eigenvalue weighted by Crippen LogP contribution is -2.40. The fourth-order valence-corrected chi connectivity index (χ4v) is 5.71. The van der Waals surface area contributed by atoms with Crippen LogP contribution in [0.5, 0.6) is 5.88 Å². The molecule has 2 aromatic heterocycles. The Bertz CT molecular complexity index is 1630. The number of aryl methyl sites for hydroxylation is 1. The summed E-state index contributed by atoms with van der Waals surface area (Å²) >= 11 is 0. The summed E-state index contributed by atoms with van der Waals surface area (Å²) in [6, 6.07) is 3.78. The van der Waals surface area contributed by atoms with E-state index < -0.39 is 66.5 Å². The summed E-state index contributed by atoms with van der Waals surface area (Å²) in [4.78, 5) is 34.0. The van der Waals surface area contributed by atoms with Gasteiger partial charge in [0.05, 0.1) is 17.2 Å². The van der Waals surface area contributed by atoms with Crippen LogP contribution < -0.4 is 20.7 Å². The van der Waals surface area contributed by atoms with Gasteiger partial charge in [0.2, 0.25) is 17.7 Å². The zero-order chi connectivity index (χ0) is 34.8. The lowest BCUT2D eigenvalue weighted by Gasteiger charge is -2.30. The maximum absolute atomic E-state index is 14.0. The number of carbonyl (C=O) groups is 2. The monoisotopic (exact) mass is 692 g/mol. The predicted octanol–water partition coefficient (Wildman–Crippen LogP) is 6.02. The van der Waals surface area contributed by atoms with Crippen molar-refractivity contribution in [1.82, 2.24) is 25.2 Å². The highest BCUT2D eigenvalue weighted by atomic mass is 19.4. The first kappa shape index (κ1) is 35.1. The van der Waals surface area contributed by atoms with E-state index in [1.807, 2.05) is 0 Å². The third-order valence-electron chi connectivity index (χ3n) is 8.25. The molecule has 0 bridgehead atoms. The van der Waals surface area contributed by atoms with E-state index in [-0.39, 0.29) is 60.8 Å². The van der Waals surface area contributed by atoms with Crippen LogP contribution in [0.25, 0.3) is 11.2 Å². The Labute approximate surface area is 268 Å². The molecule has 2 amide bonds. The molecule has 48 heavy (non-hydrogen) atoms. The molecular formula is C30H32F8N6O4. The summed E-state index contributed by atoms with van der Waals surface area (Å²) in [5, 5.41) is 7.87. The van der Waals surface area contributed by atoms with Gasteiger partial charge in [0.25, 0.3) is 12.3 Å². The van der Waals surface area contributed by atoms with Gasteiger partial charge in [-0.3, -0.25) is 14.2 Å². The van der Waals surface area contributed by atoms with Crippen molar-refractivity contribution < 1.29 is 54.2 Å². The van der Waals surface area contributed by atoms with E-state index in [0.717, 1.165) is 18.6 Å². The zero-order valence-corrected chi connectivity index (χ0v) is 25.5. The first-order valence-corrected chi connectivity index (χ1v) is 15.1. The molecule has 262 valence electrons. The second-order valence-electron chi connectivity index (χ2n) is 11.7. The molecule has 1 unspecified atom stereocenters. The maximum Gasteiger partial charge on any atom is 0.418 e. The molecule has 3 heterocycles. The van der Waals surface area contributed by atoms with E-state index in [1.165, 1.54) is 23.7 Å². The lowest BCUT2D eigenvalue weighted by atomic mass is 9.85. The number of aromatic nitrogens is 3. The fraction of sp³-hybridized carbons (Fsp3) is 0.533. The molecule has 3 aromatic rings. The van der Waals surface area contributed by atoms with Crippen LogP contribution in [0.4, 0.5) is 46.8 Å². The van der Waals surface area contributed by atoms with Crippen LogP contribution >= 0.6 is 0 Å². The second-order valence-corrected chi connectivity index (χ2v) is 11.7. The molecule has 18 heteroatoms. The number of amides is 2. The van der Waals surface area contributed by atoms with Crippen molar-refractivity contribution in [2.45, 2.75) is 76.0 Å². The number of halogens is 8. The predicted molar refractivity (Wildman–Crippen MR) is 155 cm³/mol. The number of benzene rings is 1. The highest BCUT2D eigenvalue weighted by Crippen LogP contribution is 2.39. The van der Waals surface area contributed by atoms with Gasteiger partial charge in [-0.05, 0) is 62.3 Å². The molecule has 2 aliphatic rings. The Balaban J connectivity index is 1.41. The van der Waals surface area contributed by atoms with Gasteiger partial charge in [0, 0.05) is 26.2 Å². The largest absolute Gasteiger partial charge is 0.471 e. The van der Waals surface area contributed by atoms with Crippen LogP contribution in [0.15, 0.2) is 24.3 Å². The topological polar surface area (TPSA) is 119 Å². The summed E-state index contributed by atoms with van der Waals surface area (Å²) < 4.78 is 119. The normalized spacial score (nSPS) is 20.2. The van der Waals surface area contributed by atoms with Gasteiger partial charge in [-0.1, -0.05) is 6.07 Å². The number of pyridine rings is 1. The minimum Gasteiger partial charge on any atom is -0.471 e. The highest BCUT2D eigenvalue weighted by Gasteiger charge is 2.42. The Morgan fingerprint density at radius 1 is 1.04 bits per heavy atom. The first-order valence-electron chi connectivity index (χ1n) is 15.1. The summed E-state index contributed by atoms with van der Waals surface area (Å²) in [7, 11) is 1.39. The van der Waals surface area contributed by atoms with Crippen LogP contribution in [0.2, 0.25) is 0 Å². The lowest BCUT2D eigenvalue weighted by molar-refractivity contribution is -0.182. The number of nitrogens with one attached hydrogen (secondary N) is 3. The molecule has 1 atom stereocenters. The highest BCUT2D eigenvalue weighted by molar-refractivity contribution is 5.99. The Hall–Kier alpha value is -4.22. The quantitative estimate of drug-likeness (QED) is 0.223. The third kappa shape index (κ3) is 8.25. The minimum atomic E-state index is -4.79. The standard InChI is InChI=1S/C30H32F8N6O4/c1-44-24-21(12-18(27(43-24)48-14-23(31)32)25(45)40-17-7-5-16(6-8-17)29(33,34)35)42-28(44)41-20-11-15(4-9-19(20)30(36,37)38)13-39-26(46)22-3-2-10-47-22/h4,9,11-12,16-17,22-23H,2-3,5-8,10,13-14H2,1H3,(H,39,46)(H,40,45)(H,41,42)/t16-,17-,22?. The van der Waals surface area contributed by atoms with Crippen molar-refractivity contribution >= 4 is 34.6 Å². The third-order valence-corrected chi connectivity index (χ3v) is 8.25. The molecule has 0 spiro atoms. The molecule has 1 aromatic carbocycles. The smallest absolute Gasteiger partial charge is 0.418 e. The number of rotatable bonds is 10. The molecule has 10 nitrogen and oxygen atoms in total. The van der Waals surface area contributed by atoms with E-state index in [1.54, 1.807) is 0 Å². The SMILES string of the molecule is Cn1c(Nc2cc(CNC(=O)C3CCCO3)ccc2C(F)(F)F)nc2cc(C(=O)N[C@H]3CC[C@H](C(F)(F)F)CC3)c(OCC(F)F)nc21. The van der Waals surface area contributed by atoms with Crippen LogP contribution in [0, 0.1) is 5.92 Å². The van der Waals surface area contributed by atoms with E-state index in [0.29, 0.717) is 18.6 Å². The minimum absolute atomic E-state index is 0.0103. The summed E-state index contributed by atoms with van der Waals surface area (Å²) in [6.45, 7) is -0.780. The summed E-state index contributed by atoms with van der Waals surface area (Å²) in [6.07, 6.45) is -11.8. The van der Waals surface area contributed by atoms with Crippen molar-refractivity contribution in [1.29, 1.82) is 0 Å². The second kappa shape index (κ2) is 14.1. The van der Waals surface area contributed by atoms with Crippen LogP contribution in [-0.2, 0) is 29.3 Å². The molecule has 0 radical (unpaired) electrons. The number of ether oxygens (including phenoxy) is 2. The molecule has 5 rings (SSSR count). The number of alkyl halides is 8. The van der Waals surface area contributed by atoms with Crippen molar-refractivity contribution in [2.75, 3.05) is 18.5 Å². The molecule has 3 N–H and O–H groups in total. The van der Waals surface area contributed by atoms with E-state index in [2.05, 4.69) is 25.9 Å². The average Bonchev–Trinajstić information content (AvgIpc) is 3.66. The van der Waals surface area contributed by atoms with Gasteiger partial charge in [-0.25, -0.2) is 13.8 Å². The van der Waals surface area contributed by atoms with Crippen LogP contribution in [0.1, 0.15) is 60.0 Å². The van der Waals surface area contributed by atoms with Gasteiger partial charge >= 0.3 is 12.4 Å². The van der Waals surface area contributed by atoms with Crippen LogP contribution in [0.3, 0.4) is 0 Å². The zero-order valence-electron chi connectivity index (χ0n) is 25.5. The number of nitrogens with zero attached hydrogens (tertiary/aromatic N) is 3. The maximum atomic E-state index is 14.0. The van der Waals surface area contributed by atoms with Gasteiger partial charge in [-0.2, -0.15) is 31.3 Å². The van der Waals surface area contributed by atoms with Crippen LogP contribution in [-0.4, -0.2) is 64.3 Å². The van der Waals surface area contributed by atoms with Gasteiger partial charge < -0.3 is 25.4 Å². The molecule has 1 saturated heterocycles. The van der Waals surface area contributed by atoms with E-state index in [9.17, 15) is 44.7 Å². The van der Waals surface area contributed by atoms with Gasteiger partial charge in [0.1, 0.15) is 17.2 Å². The van der Waals surface area contributed by atoms with Crippen molar-refractivity contribution in [3.63, 3.8) is 0 Å². The summed E-state index contributed by atoms with van der Waals surface area (Å²) in [5.74, 6) is -3.40. The number of hydrogen-bond donors (Lipinski definition) is 3. The Morgan fingerprint density at radius 3 is 2.40 bits per heavy atom. The Kier molecular flexibility index (Phi) is 10.3. The first-order chi connectivity index (χ1) is 22.6. The average molecular weight is 693 g/mol. The van der Waals surface area contributed by atoms with Gasteiger partial charge in [-0.15, -0.1) is 0 Å². The van der Waals surface area contributed by atoms with Crippen molar-refractivity contribution in [2.24, 2.45) is 13.0 Å². The van der Waals surface area contributed by atoms with Gasteiger partial charge in [0.15, 0.2) is 12.3 Å². The summed E-state index contributed by atoms with van der Waals surface area (Å²) in [5.41, 5.74) is -1.49. The van der Waals surface area contributed by atoms with E-state index in [4.69, 9.17) is 9.47 Å².